The quantitative estimate of drug-likeness (QED) is 0.770. The fraction of sp³-hybridized carbons (Fsp3) is 0.300. The number of carbonyl (C=O) groups is 1. The monoisotopic (exact) mass is 195 g/mol. The first-order valence-corrected chi connectivity index (χ1v) is 4.61. The summed E-state index contributed by atoms with van der Waals surface area (Å²) in [7, 11) is 0. The second kappa shape index (κ2) is 3.04. The van der Waals surface area contributed by atoms with Crippen molar-refractivity contribution in [3.63, 3.8) is 0 Å². The molecule has 2 nitrogen and oxygen atoms in total. The summed E-state index contributed by atoms with van der Waals surface area (Å²) in [6, 6.07) is 7.61. The molecule has 13 heavy (non-hydrogen) atoms. The normalized spacial score (nSPS) is 25.6. The van der Waals surface area contributed by atoms with E-state index in [9.17, 15) is 4.79 Å². The second-order valence-electron chi connectivity index (χ2n) is 3.41. The van der Waals surface area contributed by atoms with E-state index in [2.05, 4.69) is 0 Å². The van der Waals surface area contributed by atoms with Crippen LogP contribution >= 0.6 is 11.6 Å². The molecule has 1 aliphatic rings. The molecule has 0 aromatic heterocycles. The van der Waals surface area contributed by atoms with Gasteiger partial charge in [-0.25, -0.2) is 0 Å². The number of primary amides is 1. The Bertz CT molecular complexity index is 351. The predicted molar refractivity (Wildman–Crippen MR) is 51.5 cm³/mol. The fourth-order valence-corrected chi connectivity index (χ4v) is 1.81. The van der Waals surface area contributed by atoms with Crippen molar-refractivity contribution in [3.05, 3.63) is 34.9 Å². The van der Waals surface area contributed by atoms with Crippen LogP contribution in [0.25, 0.3) is 0 Å². The molecule has 68 valence electrons. The lowest BCUT2D eigenvalue weighted by atomic mass is 10.1. The van der Waals surface area contributed by atoms with E-state index in [1.54, 1.807) is 0 Å². The van der Waals surface area contributed by atoms with Gasteiger partial charge in [-0.05, 0) is 30.0 Å². The number of hydrogen-bond donors (Lipinski definition) is 1. The van der Waals surface area contributed by atoms with Crippen molar-refractivity contribution in [3.8, 4) is 0 Å². The maximum atomic E-state index is 10.8. The molecular weight excluding hydrogens is 186 g/mol. The molecule has 2 N–H and O–H groups in total. The van der Waals surface area contributed by atoms with Gasteiger partial charge in [-0.2, -0.15) is 0 Å². The third-order valence-corrected chi connectivity index (χ3v) is 2.67. The molecule has 1 aliphatic carbocycles. The number of rotatable bonds is 2. The van der Waals surface area contributed by atoms with Gasteiger partial charge in [0.15, 0.2) is 0 Å². The molecule has 0 unspecified atom stereocenters. The van der Waals surface area contributed by atoms with E-state index in [0.717, 1.165) is 12.0 Å². The van der Waals surface area contributed by atoms with Crippen LogP contribution in [-0.2, 0) is 4.79 Å². The summed E-state index contributed by atoms with van der Waals surface area (Å²) in [5.74, 6) is 0.125. The van der Waals surface area contributed by atoms with Crippen molar-refractivity contribution in [1.82, 2.24) is 0 Å². The van der Waals surface area contributed by atoms with Gasteiger partial charge in [-0.1, -0.05) is 23.7 Å². The number of halogens is 1. The van der Waals surface area contributed by atoms with Crippen LogP contribution in [0.3, 0.4) is 0 Å². The van der Waals surface area contributed by atoms with Gasteiger partial charge in [-0.3, -0.25) is 4.79 Å². The Labute approximate surface area is 81.7 Å². The Balaban J connectivity index is 2.16. The standard InChI is InChI=1S/C10H10ClNO/c11-7-3-1-2-6(4-7)8-5-9(8)10(12)13/h1-4,8-9H,5H2,(H2,12,13)/t8-,9+/m1/s1. The summed E-state index contributed by atoms with van der Waals surface area (Å²) < 4.78 is 0. The molecule has 1 saturated carbocycles. The van der Waals surface area contributed by atoms with Crippen LogP contribution in [-0.4, -0.2) is 5.91 Å². The molecule has 1 aromatic carbocycles. The van der Waals surface area contributed by atoms with E-state index >= 15 is 0 Å². The van der Waals surface area contributed by atoms with E-state index in [1.165, 1.54) is 0 Å². The van der Waals surface area contributed by atoms with Crippen molar-refractivity contribution in [2.75, 3.05) is 0 Å². The first-order chi connectivity index (χ1) is 6.18. The second-order valence-corrected chi connectivity index (χ2v) is 3.84. The Morgan fingerprint density at radius 3 is 2.85 bits per heavy atom. The Hall–Kier alpha value is -1.02. The molecule has 2 rings (SSSR count). The predicted octanol–water partition coefficient (Wildman–Crippen LogP) is 1.93. The lowest BCUT2D eigenvalue weighted by Gasteiger charge is -1.98. The van der Waals surface area contributed by atoms with Crippen molar-refractivity contribution >= 4 is 17.5 Å². The lowest BCUT2D eigenvalue weighted by molar-refractivity contribution is -0.119. The topological polar surface area (TPSA) is 43.1 Å². The van der Waals surface area contributed by atoms with Crippen LogP contribution in [0.4, 0.5) is 0 Å². The molecule has 1 fully saturated rings. The van der Waals surface area contributed by atoms with Crippen LogP contribution in [0.2, 0.25) is 5.02 Å². The highest BCUT2D eigenvalue weighted by Crippen LogP contribution is 2.47. The first kappa shape index (κ1) is 8.57. The zero-order valence-electron chi connectivity index (χ0n) is 7.03. The molecular formula is C10H10ClNO. The van der Waals surface area contributed by atoms with E-state index in [1.807, 2.05) is 24.3 Å². The van der Waals surface area contributed by atoms with E-state index < -0.39 is 0 Å². The van der Waals surface area contributed by atoms with Crippen LogP contribution < -0.4 is 5.73 Å². The highest BCUT2D eigenvalue weighted by Gasteiger charge is 2.42. The first-order valence-electron chi connectivity index (χ1n) is 4.23. The number of amides is 1. The Kier molecular flexibility index (Phi) is 2.00. The molecule has 0 aliphatic heterocycles. The van der Waals surface area contributed by atoms with Gasteiger partial charge in [-0.15, -0.1) is 0 Å². The number of nitrogens with two attached hydrogens (primary N) is 1. The lowest BCUT2D eigenvalue weighted by Crippen LogP contribution is -2.13. The van der Waals surface area contributed by atoms with Crippen molar-refractivity contribution in [2.24, 2.45) is 11.7 Å². The third kappa shape index (κ3) is 1.68. The van der Waals surface area contributed by atoms with Crippen molar-refractivity contribution < 1.29 is 4.79 Å². The summed E-state index contributed by atoms with van der Waals surface area (Å²) in [5, 5.41) is 0.715. The molecule has 0 heterocycles. The largest absolute Gasteiger partial charge is 0.369 e. The molecule has 0 bridgehead atoms. The molecule has 0 radical (unpaired) electrons. The highest BCUT2D eigenvalue weighted by molar-refractivity contribution is 6.30. The van der Waals surface area contributed by atoms with E-state index in [0.29, 0.717) is 10.9 Å². The van der Waals surface area contributed by atoms with E-state index in [-0.39, 0.29) is 11.8 Å². The molecule has 2 atom stereocenters. The smallest absolute Gasteiger partial charge is 0.221 e. The summed E-state index contributed by atoms with van der Waals surface area (Å²) in [5.41, 5.74) is 6.31. The number of carbonyl (C=O) groups excluding carboxylic acids is 1. The van der Waals surface area contributed by atoms with Crippen LogP contribution in [0.15, 0.2) is 24.3 Å². The van der Waals surface area contributed by atoms with Gasteiger partial charge in [0.2, 0.25) is 5.91 Å². The van der Waals surface area contributed by atoms with Crippen LogP contribution in [0.5, 0.6) is 0 Å². The zero-order valence-corrected chi connectivity index (χ0v) is 7.79. The molecule has 3 heteroatoms. The Morgan fingerprint density at radius 2 is 2.31 bits per heavy atom. The number of benzene rings is 1. The van der Waals surface area contributed by atoms with Gasteiger partial charge in [0, 0.05) is 10.9 Å². The van der Waals surface area contributed by atoms with Gasteiger partial charge >= 0.3 is 0 Å². The van der Waals surface area contributed by atoms with Gasteiger partial charge in [0.1, 0.15) is 0 Å². The third-order valence-electron chi connectivity index (χ3n) is 2.43. The average molecular weight is 196 g/mol. The summed E-state index contributed by atoms with van der Waals surface area (Å²) in [6.07, 6.45) is 0.871. The van der Waals surface area contributed by atoms with Gasteiger partial charge in [0.05, 0.1) is 0 Å². The molecule has 1 amide bonds. The minimum Gasteiger partial charge on any atom is -0.369 e. The Morgan fingerprint density at radius 1 is 1.54 bits per heavy atom. The van der Waals surface area contributed by atoms with Crippen LogP contribution in [0, 0.1) is 5.92 Å². The minimum atomic E-state index is -0.204. The average Bonchev–Trinajstić information content (AvgIpc) is 2.82. The molecule has 1 aromatic rings. The van der Waals surface area contributed by atoms with Crippen molar-refractivity contribution in [2.45, 2.75) is 12.3 Å². The van der Waals surface area contributed by atoms with Crippen LogP contribution in [0.1, 0.15) is 17.9 Å². The summed E-state index contributed by atoms with van der Waals surface area (Å²) in [6.45, 7) is 0. The highest BCUT2D eigenvalue weighted by atomic mass is 35.5. The minimum absolute atomic E-state index is 0.0264. The molecule has 0 spiro atoms. The van der Waals surface area contributed by atoms with Gasteiger partial charge in [0.25, 0.3) is 0 Å². The van der Waals surface area contributed by atoms with Crippen molar-refractivity contribution in [1.29, 1.82) is 0 Å². The maximum Gasteiger partial charge on any atom is 0.221 e. The van der Waals surface area contributed by atoms with Gasteiger partial charge < -0.3 is 5.73 Å². The zero-order chi connectivity index (χ0) is 9.42. The maximum absolute atomic E-state index is 10.8. The number of hydrogen-bond acceptors (Lipinski definition) is 1. The van der Waals surface area contributed by atoms with E-state index in [4.69, 9.17) is 17.3 Å². The fourth-order valence-electron chi connectivity index (χ4n) is 1.62. The SMILES string of the molecule is NC(=O)[C@H]1C[C@@H]1c1cccc(Cl)c1. The summed E-state index contributed by atoms with van der Waals surface area (Å²) in [4.78, 5) is 10.8. The molecule has 0 saturated heterocycles. The summed E-state index contributed by atoms with van der Waals surface area (Å²) >= 11 is 5.83.